The van der Waals surface area contributed by atoms with Crippen LogP contribution in [0.4, 0.5) is 11.6 Å². The molecule has 2 aliphatic rings. The van der Waals surface area contributed by atoms with E-state index in [-0.39, 0.29) is 18.4 Å². The summed E-state index contributed by atoms with van der Waals surface area (Å²) < 4.78 is 5.72. The van der Waals surface area contributed by atoms with Crippen molar-refractivity contribution >= 4 is 29.1 Å². The number of amides is 1. The number of benzene rings is 1. The number of carbonyl (C=O) groups is 1. The molecule has 1 unspecified atom stereocenters. The molecule has 1 aromatic heterocycles. The van der Waals surface area contributed by atoms with Crippen LogP contribution in [-0.4, -0.2) is 42.1 Å². The van der Waals surface area contributed by atoms with E-state index in [4.69, 9.17) is 16.3 Å². The molecule has 4 rings (SSSR count). The standard InChI is InChI=1S/C18H20ClN5O2/c19-13-1-2-14-12(7-13)11-26-15(14)8-18(25)23-16-9-22-17(10-21-16)24-5-3-20-4-6-24/h1-2,7,9-10,15,20H,3-6,8,11H2,(H,21,23,25). The van der Waals surface area contributed by atoms with Crippen molar-refractivity contribution in [2.24, 2.45) is 0 Å². The van der Waals surface area contributed by atoms with Crippen LogP contribution in [0.1, 0.15) is 23.7 Å². The van der Waals surface area contributed by atoms with Crippen LogP contribution in [0.5, 0.6) is 0 Å². The SMILES string of the molecule is O=C(CC1OCc2cc(Cl)ccc21)Nc1cnc(N2CCNCC2)cn1. The van der Waals surface area contributed by atoms with Gasteiger partial charge in [-0.15, -0.1) is 0 Å². The van der Waals surface area contributed by atoms with E-state index in [1.807, 2.05) is 18.2 Å². The second kappa shape index (κ2) is 7.57. The molecule has 1 atom stereocenters. The van der Waals surface area contributed by atoms with Gasteiger partial charge in [0.2, 0.25) is 5.91 Å². The number of ether oxygens (including phenoxy) is 1. The summed E-state index contributed by atoms with van der Waals surface area (Å²) in [5.74, 6) is 1.12. The van der Waals surface area contributed by atoms with E-state index < -0.39 is 0 Å². The number of rotatable bonds is 4. The first-order valence-corrected chi connectivity index (χ1v) is 9.04. The lowest BCUT2D eigenvalue weighted by molar-refractivity contribution is -0.118. The van der Waals surface area contributed by atoms with Crippen LogP contribution < -0.4 is 15.5 Å². The third-order valence-electron chi connectivity index (χ3n) is 4.61. The van der Waals surface area contributed by atoms with Crippen molar-refractivity contribution in [3.8, 4) is 0 Å². The molecule has 8 heteroatoms. The maximum absolute atomic E-state index is 12.3. The van der Waals surface area contributed by atoms with E-state index in [2.05, 4.69) is 25.5 Å². The van der Waals surface area contributed by atoms with Gasteiger partial charge in [-0.3, -0.25) is 4.79 Å². The summed E-state index contributed by atoms with van der Waals surface area (Å²) in [6.07, 6.45) is 3.27. The number of hydrogen-bond donors (Lipinski definition) is 2. The first kappa shape index (κ1) is 17.2. The van der Waals surface area contributed by atoms with E-state index in [1.165, 1.54) is 0 Å². The van der Waals surface area contributed by atoms with Crippen LogP contribution in [0, 0.1) is 0 Å². The van der Waals surface area contributed by atoms with Gasteiger partial charge in [-0.1, -0.05) is 17.7 Å². The lowest BCUT2D eigenvalue weighted by Crippen LogP contribution is -2.43. The minimum absolute atomic E-state index is 0.151. The number of anilines is 2. The number of carbonyl (C=O) groups excluding carboxylic acids is 1. The molecular formula is C18H20ClN5O2. The van der Waals surface area contributed by atoms with Crippen molar-refractivity contribution in [2.75, 3.05) is 36.4 Å². The maximum atomic E-state index is 12.3. The Hall–Kier alpha value is -2.22. The Balaban J connectivity index is 1.35. The Kier molecular flexibility index (Phi) is 5.01. The lowest BCUT2D eigenvalue weighted by Gasteiger charge is -2.28. The summed E-state index contributed by atoms with van der Waals surface area (Å²) in [5.41, 5.74) is 2.06. The molecule has 3 heterocycles. The van der Waals surface area contributed by atoms with Crippen LogP contribution in [-0.2, 0) is 16.1 Å². The zero-order valence-electron chi connectivity index (χ0n) is 14.2. The summed E-state index contributed by atoms with van der Waals surface area (Å²) in [4.78, 5) is 23.2. The third-order valence-corrected chi connectivity index (χ3v) is 4.84. The summed E-state index contributed by atoms with van der Waals surface area (Å²) in [5, 5.41) is 6.77. The molecule has 0 radical (unpaired) electrons. The van der Waals surface area contributed by atoms with Crippen LogP contribution in [0.25, 0.3) is 0 Å². The summed E-state index contributed by atoms with van der Waals surface area (Å²) in [7, 11) is 0. The molecule has 1 amide bonds. The van der Waals surface area contributed by atoms with Gasteiger partial charge in [0.15, 0.2) is 5.82 Å². The van der Waals surface area contributed by atoms with Gasteiger partial charge >= 0.3 is 0 Å². The smallest absolute Gasteiger partial charge is 0.228 e. The number of halogens is 1. The minimum atomic E-state index is -0.254. The number of nitrogens with zero attached hydrogens (tertiary/aromatic N) is 3. The average Bonchev–Trinajstić information content (AvgIpc) is 3.04. The van der Waals surface area contributed by atoms with Crippen molar-refractivity contribution in [1.82, 2.24) is 15.3 Å². The fourth-order valence-corrected chi connectivity index (χ4v) is 3.46. The molecule has 1 saturated heterocycles. The van der Waals surface area contributed by atoms with E-state index >= 15 is 0 Å². The molecule has 2 aliphatic heterocycles. The first-order chi connectivity index (χ1) is 12.7. The zero-order valence-corrected chi connectivity index (χ0v) is 15.0. The van der Waals surface area contributed by atoms with Gasteiger partial charge in [0.05, 0.1) is 31.5 Å². The molecule has 0 saturated carbocycles. The zero-order chi connectivity index (χ0) is 17.9. The minimum Gasteiger partial charge on any atom is -0.368 e. The van der Waals surface area contributed by atoms with Crippen LogP contribution in [0.15, 0.2) is 30.6 Å². The molecule has 26 heavy (non-hydrogen) atoms. The number of nitrogens with one attached hydrogen (secondary N) is 2. The maximum Gasteiger partial charge on any atom is 0.228 e. The highest BCUT2D eigenvalue weighted by Crippen LogP contribution is 2.34. The van der Waals surface area contributed by atoms with Gasteiger partial charge < -0.3 is 20.3 Å². The predicted molar refractivity (Wildman–Crippen MR) is 99.3 cm³/mol. The van der Waals surface area contributed by atoms with E-state index in [9.17, 15) is 4.79 Å². The second-order valence-corrected chi connectivity index (χ2v) is 6.83. The van der Waals surface area contributed by atoms with E-state index in [0.29, 0.717) is 17.4 Å². The molecule has 136 valence electrons. The second-order valence-electron chi connectivity index (χ2n) is 6.39. The van der Waals surface area contributed by atoms with Crippen molar-refractivity contribution in [2.45, 2.75) is 19.1 Å². The quantitative estimate of drug-likeness (QED) is 0.854. The normalized spacial score (nSPS) is 19.3. The summed E-state index contributed by atoms with van der Waals surface area (Å²) >= 11 is 6.00. The molecule has 0 aliphatic carbocycles. The lowest BCUT2D eigenvalue weighted by atomic mass is 10.0. The summed E-state index contributed by atoms with van der Waals surface area (Å²) in [6.45, 7) is 4.17. The van der Waals surface area contributed by atoms with Crippen LogP contribution in [0.3, 0.4) is 0 Å². The van der Waals surface area contributed by atoms with Gasteiger partial charge in [0.25, 0.3) is 0 Å². The fraction of sp³-hybridized carbons (Fsp3) is 0.389. The van der Waals surface area contributed by atoms with Gasteiger partial charge in [0.1, 0.15) is 5.82 Å². The van der Waals surface area contributed by atoms with Crippen molar-refractivity contribution in [1.29, 1.82) is 0 Å². The van der Waals surface area contributed by atoms with Gasteiger partial charge in [-0.25, -0.2) is 9.97 Å². The monoisotopic (exact) mass is 373 g/mol. The Morgan fingerprint density at radius 2 is 2.15 bits per heavy atom. The largest absolute Gasteiger partial charge is 0.368 e. The Morgan fingerprint density at radius 3 is 2.92 bits per heavy atom. The average molecular weight is 374 g/mol. The Morgan fingerprint density at radius 1 is 1.31 bits per heavy atom. The molecule has 0 spiro atoms. The molecule has 7 nitrogen and oxygen atoms in total. The molecule has 1 fully saturated rings. The summed E-state index contributed by atoms with van der Waals surface area (Å²) in [6, 6.07) is 5.63. The van der Waals surface area contributed by atoms with Gasteiger partial charge in [-0.05, 0) is 23.3 Å². The number of fused-ring (bicyclic) bond motifs is 1. The van der Waals surface area contributed by atoms with Crippen LogP contribution >= 0.6 is 11.6 Å². The van der Waals surface area contributed by atoms with E-state index in [1.54, 1.807) is 12.4 Å². The number of hydrogen-bond acceptors (Lipinski definition) is 6. The topological polar surface area (TPSA) is 79.4 Å². The van der Waals surface area contributed by atoms with Crippen molar-refractivity contribution < 1.29 is 9.53 Å². The fourth-order valence-electron chi connectivity index (χ4n) is 3.27. The van der Waals surface area contributed by atoms with Gasteiger partial charge in [0, 0.05) is 31.2 Å². The number of aromatic nitrogens is 2. The molecular weight excluding hydrogens is 354 g/mol. The molecule has 2 aromatic rings. The van der Waals surface area contributed by atoms with Crippen molar-refractivity contribution in [3.05, 3.63) is 46.7 Å². The third kappa shape index (κ3) is 3.80. The van der Waals surface area contributed by atoms with Crippen molar-refractivity contribution in [3.63, 3.8) is 0 Å². The Labute approximate surface area is 156 Å². The highest BCUT2D eigenvalue weighted by atomic mass is 35.5. The van der Waals surface area contributed by atoms with Gasteiger partial charge in [-0.2, -0.15) is 0 Å². The first-order valence-electron chi connectivity index (χ1n) is 8.66. The van der Waals surface area contributed by atoms with E-state index in [0.717, 1.165) is 43.1 Å². The Bertz CT molecular complexity index is 793. The molecule has 0 bridgehead atoms. The molecule has 2 N–H and O–H groups in total. The highest BCUT2D eigenvalue weighted by Gasteiger charge is 2.26. The molecule has 1 aromatic carbocycles. The van der Waals surface area contributed by atoms with Crippen LogP contribution in [0.2, 0.25) is 5.02 Å². The number of piperazine rings is 1. The predicted octanol–water partition coefficient (Wildman–Crippen LogP) is 2.14. The highest BCUT2D eigenvalue weighted by molar-refractivity contribution is 6.30.